The Bertz CT molecular complexity index is 1130. The first-order valence-electron chi connectivity index (χ1n) is 11.5. The summed E-state index contributed by atoms with van der Waals surface area (Å²) >= 11 is 0. The predicted octanol–water partition coefficient (Wildman–Crippen LogP) is 6.82. The molecule has 1 aliphatic rings. The molecule has 1 heterocycles. The lowest BCUT2D eigenvalue weighted by Crippen LogP contribution is -2.17. The molecular formula is C26H31F3N2O4. The van der Waals surface area contributed by atoms with Crippen molar-refractivity contribution in [1.82, 2.24) is 9.97 Å². The number of H-pyrrole nitrogens is 1. The summed E-state index contributed by atoms with van der Waals surface area (Å²) < 4.78 is 50.4. The van der Waals surface area contributed by atoms with Gasteiger partial charge in [0, 0.05) is 12.5 Å². The van der Waals surface area contributed by atoms with E-state index in [1.54, 1.807) is 12.1 Å². The van der Waals surface area contributed by atoms with Crippen molar-refractivity contribution in [3.63, 3.8) is 0 Å². The van der Waals surface area contributed by atoms with E-state index in [1.807, 2.05) is 0 Å². The van der Waals surface area contributed by atoms with E-state index >= 15 is 0 Å². The summed E-state index contributed by atoms with van der Waals surface area (Å²) in [5, 5.41) is 0. The molecule has 0 spiro atoms. The third-order valence-electron chi connectivity index (χ3n) is 5.99. The van der Waals surface area contributed by atoms with Crippen molar-refractivity contribution in [3.05, 3.63) is 53.3 Å². The highest BCUT2D eigenvalue weighted by Crippen LogP contribution is 2.34. The fourth-order valence-electron chi connectivity index (χ4n) is 4.12. The third kappa shape index (κ3) is 7.63. The Labute approximate surface area is 202 Å². The van der Waals surface area contributed by atoms with Crippen LogP contribution in [0.5, 0.6) is 11.5 Å². The zero-order chi connectivity index (χ0) is 25.6. The second kappa shape index (κ2) is 11.0. The van der Waals surface area contributed by atoms with E-state index in [0.717, 1.165) is 5.56 Å². The van der Waals surface area contributed by atoms with Crippen molar-refractivity contribution >= 4 is 17.0 Å². The molecule has 2 aromatic carbocycles. The number of halogens is 3. The van der Waals surface area contributed by atoms with E-state index < -0.39 is 12.3 Å². The number of benzene rings is 2. The monoisotopic (exact) mass is 492 g/mol. The summed E-state index contributed by atoms with van der Waals surface area (Å²) in [7, 11) is 2.71. The first-order chi connectivity index (χ1) is 16.5. The van der Waals surface area contributed by atoms with Gasteiger partial charge in [-0.25, -0.2) is 9.78 Å². The van der Waals surface area contributed by atoms with Gasteiger partial charge in [0.25, 0.3) is 0 Å². The minimum Gasteiger partial charge on any atom is -0.496 e. The quantitative estimate of drug-likeness (QED) is 0.396. The van der Waals surface area contributed by atoms with Crippen LogP contribution in [0.1, 0.15) is 67.7 Å². The number of aromatic nitrogens is 2. The standard InChI is InChI=1S/C18H15F3N2O4.C8H16/c1-25-15-9-14-13(8-12(15)17(24)26-2)22-16(23-14)7-10-3-5-11(6-4-10)27-18(19,20)21;1-8(2)6-4-3-5-7-8/h3-6,8-9H,7H2,1-2H3,(H,22,23);3-7H2,1-2H3. The summed E-state index contributed by atoms with van der Waals surface area (Å²) in [4.78, 5) is 19.3. The number of aromatic amines is 1. The highest BCUT2D eigenvalue weighted by atomic mass is 19.4. The van der Waals surface area contributed by atoms with Gasteiger partial charge in [-0.3, -0.25) is 0 Å². The second-order valence-corrected chi connectivity index (χ2v) is 9.34. The normalized spacial score (nSPS) is 15.2. The molecule has 1 aromatic heterocycles. The molecule has 3 aromatic rings. The van der Waals surface area contributed by atoms with Crippen LogP contribution < -0.4 is 9.47 Å². The average molecular weight is 493 g/mol. The number of fused-ring (bicyclic) bond motifs is 1. The molecule has 9 heteroatoms. The Morgan fingerprint density at radius 2 is 1.71 bits per heavy atom. The molecule has 1 fully saturated rings. The molecule has 0 aliphatic heterocycles. The van der Waals surface area contributed by atoms with Crippen molar-refractivity contribution in [2.45, 2.75) is 58.7 Å². The van der Waals surface area contributed by atoms with Crippen molar-refractivity contribution in [2.75, 3.05) is 14.2 Å². The number of hydrogen-bond acceptors (Lipinski definition) is 5. The molecule has 0 saturated heterocycles. The van der Waals surface area contributed by atoms with Gasteiger partial charge in [0.15, 0.2) is 0 Å². The van der Waals surface area contributed by atoms with Crippen molar-refractivity contribution < 1.29 is 32.2 Å². The van der Waals surface area contributed by atoms with Crippen molar-refractivity contribution in [1.29, 1.82) is 0 Å². The molecular weight excluding hydrogens is 461 g/mol. The number of esters is 1. The maximum absolute atomic E-state index is 12.2. The third-order valence-corrected chi connectivity index (χ3v) is 5.99. The Morgan fingerprint density at radius 1 is 1.06 bits per heavy atom. The summed E-state index contributed by atoms with van der Waals surface area (Å²) in [6.45, 7) is 4.76. The molecule has 0 bridgehead atoms. The number of nitrogens with one attached hydrogen (secondary N) is 1. The molecule has 0 amide bonds. The van der Waals surface area contributed by atoms with Gasteiger partial charge in [-0.15, -0.1) is 13.2 Å². The molecule has 6 nitrogen and oxygen atoms in total. The second-order valence-electron chi connectivity index (χ2n) is 9.34. The zero-order valence-corrected chi connectivity index (χ0v) is 20.4. The highest BCUT2D eigenvalue weighted by molar-refractivity contribution is 5.97. The number of carbonyl (C=O) groups is 1. The number of hydrogen-bond donors (Lipinski definition) is 1. The van der Waals surface area contributed by atoms with E-state index in [1.165, 1.54) is 70.6 Å². The van der Waals surface area contributed by atoms with Crippen LogP contribution >= 0.6 is 0 Å². The largest absolute Gasteiger partial charge is 0.573 e. The van der Waals surface area contributed by atoms with Crippen LogP contribution in [0.4, 0.5) is 13.2 Å². The molecule has 190 valence electrons. The van der Waals surface area contributed by atoms with Gasteiger partial charge in [-0.05, 0) is 42.0 Å². The topological polar surface area (TPSA) is 73.4 Å². The van der Waals surface area contributed by atoms with E-state index in [9.17, 15) is 18.0 Å². The Balaban J connectivity index is 0.000000363. The smallest absolute Gasteiger partial charge is 0.496 e. The Kier molecular flexibility index (Phi) is 8.30. The van der Waals surface area contributed by atoms with Gasteiger partial charge < -0.3 is 19.2 Å². The molecule has 1 N–H and O–H groups in total. The van der Waals surface area contributed by atoms with Crippen LogP contribution in [-0.4, -0.2) is 36.5 Å². The summed E-state index contributed by atoms with van der Waals surface area (Å²) in [5.41, 5.74) is 2.88. The molecule has 4 rings (SSSR count). The van der Waals surface area contributed by atoms with Gasteiger partial charge >= 0.3 is 12.3 Å². The lowest BCUT2D eigenvalue weighted by Gasteiger charge is -2.28. The molecule has 0 atom stereocenters. The summed E-state index contributed by atoms with van der Waals surface area (Å²) in [6, 6.07) is 8.72. The van der Waals surface area contributed by atoms with Gasteiger partial charge in [0.05, 0.1) is 25.3 Å². The van der Waals surface area contributed by atoms with E-state index in [4.69, 9.17) is 9.47 Å². The van der Waals surface area contributed by atoms with Gasteiger partial charge in [-0.2, -0.15) is 0 Å². The van der Waals surface area contributed by atoms with E-state index in [0.29, 0.717) is 34.4 Å². The summed E-state index contributed by atoms with van der Waals surface area (Å²) in [6.07, 6.45) is 2.94. The number of ether oxygens (including phenoxy) is 3. The zero-order valence-electron chi connectivity index (χ0n) is 20.4. The maximum Gasteiger partial charge on any atom is 0.573 e. The van der Waals surface area contributed by atoms with Crippen LogP contribution in [0.2, 0.25) is 0 Å². The molecule has 35 heavy (non-hydrogen) atoms. The lowest BCUT2D eigenvalue weighted by atomic mass is 9.78. The van der Waals surface area contributed by atoms with Crippen molar-refractivity contribution in [3.8, 4) is 11.5 Å². The number of carbonyl (C=O) groups excluding carboxylic acids is 1. The SMILES string of the molecule is CC1(C)CCCCC1.COC(=O)c1cc2[nH]c(Cc3ccc(OC(F)(F)F)cc3)nc2cc1OC. The minimum absolute atomic E-state index is 0.261. The number of nitrogens with zero attached hydrogens (tertiary/aromatic N) is 1. The predicted molar refractivity (Wildman–Crippen MR) is 127 cm³/mol. The van der Waals surface area contributed by atoms with Crippen LogP contribution in [-0.2, 0) is 11.2 Å². The number of methoxy groups -OCH3 is 2. The number of imidazole rings is 1. The van der Waals surface area contributed by atoms with Gasteiger partial charge in [-0.1, -0.05) is 45.2 Å². The van der Waals surface area contributed by atoms with Gasteiger partial charge in [0.1, 0.15) is 22.9 Å². The van der Waals surface area contributed by atoms with Crippen LogP contribution in [0.15, 0.2) is 36.4 Å². The van der Waals surface area contributed by atoms with Crippen LogP contribution in [0.3, 0.4) is 0 Å². The fourth-order valence-corrected chi connectivity index (χ4v) is 4.12. The lowest BCUT2D eigenvalue weighted by molar-refractivity contribution is -0.274. The van der Waals surface area contributed by atoms with Crippen molar-refractivity contribution in [2.24, 2.45) is 5.41 Å². The Morgan fingerprint density at radius 3 is 2.23 bits per heavy atom. The summed E-state index contributed by atoms with van der Waals surface area (Å²) in [5.74, 6) is 0.0908. The maximum atomic E-state index is 12.2. The first-order valence-corrected chi connectivity index (χ1v) is 11.5. The van der Waals surface area contributed by atoms with E-state index in [-0.39, 0.29) is 11.3 Å². The molecule has 1 aliphatic carbocycles. The highest BCUT2D eigenvalue weighted by Gasteiger charge is 2.31. The minimum atomic E-state index is -4.73. The van der Waals surface area contributed by atoms with Crippen LogP contribution in [0.25, 0.3) is 11.0 Å². The molecule has 0 radical (unpaired) electrons. The first kappa shape index (κ1) is 26.4. The Hall–Kier alpha value is -3.23. The number of rotatable bonds is 5. The van der Waals surface area contributed by atoms with Gasteiger partial charge in [0.2, 0.25) is 0 Å². The molecule has 1 saturated carbocycles. The van der Waals surface area contributed by atoms with Crippen LogP contribution in [0, 0.1) is 5.41 Å². The molecule has 0 unspecified atom stereocenters. The fraction of sp³-hybridized carbons (Fsp3) is 0.462. The van der Waals surface area contributed by atoms with E-state index in [2.05, 4.69) is 28.6 Å². The number of alkyl halides is 3. The average Bonchev–Trinajstić information content (AvgIpc) is 3.19.